The van der Waals surface area contributed by atoms with Crippen molar-refractivity contribution in [2.75, 3.05) is 0 Å². The molecule has 0 saturated carbocycles. The van der Waals surface area contributed by atoms with E-state index in [1.165, 1.54) is 21.6 Å². The summed E-state index contributed by atoms with van der Waals surface area (Å²) in [6.07, 6.45) is 0.931. The van der Waals surface area contributed by atoms with Crippen molar-refractivity contribution in [3.05, 3.63) is 57.3 Å². The normalized spacial score (nSPS) is 12.7. The van der Waals surface area contributed by atoms with Crippen molar-refractivity contribution in [3.8, 4) is 0 Å². The Morgan fingerprint density at radius 1 is 1.19 bits per heavy atom. The van der Waals surface area contributed by atoms with Gasteiger partial charge in [-0.15, -0.1) is 11.3 Å². The van der Waals surface area contributed by atoms with Gasteiger partial charge in [0.2, 0.25) is 0 Å². The summed E-state index contributed by atoms with van der Waals surface area (Å²) in [6.45, 7) is 4.26. The highest BCUT2D eigenvalue weighted by molar-refractivity contribution is 7.09. The number of thiophene rings is 1. The van der Waals surface area contributed by atoms with Gasteiger partial charge in [0, 0.05) is 17.3 Å². The van der Waals surface area contributed by atoms with E-state index in [0.29, 0.717) is 0 Å². The van der Waals surface area contributed by atoms with Crippen molar-refractivity contribution in [1.29, 1.82) is 0 Å². The number of nitrogens with two attached hydrogens (primary N) is 1. The fourth-order valence-corrected chi connectivity index (χ4v) is 2.52. The zero-order chi connectivity index (χ0) is 11.5. The van der Waals surface area contributed by atoms with E-state index in [1.54, 1.807) is 11.3 Å². The Morgan fingerprint density at radius 2 is 2.00 bits per heavy atom. The maximum atomic E-state index is 6.21. The monoisotopic (exact) mass is 231 g/mol. The maximum Gasteiger partial charge on any atom is 0.0343 e. The Bertz CT molecular complexity index is 460. The molecule has 0 radical (unpaired) electrons. The molecule has 1 unspecified atom stereocenters. The van der Waals surface area contributed by atoms with Crippen molar-refractivity contribution >= 4 is 11.3 Å². The number of rotatable bonds is 3. The third-order valence-electron chi connectivity index (χ3n) is 2.96. The minimum absolute atomic E-state index is 0.109. The second-order valence-electron chi connectivity index (χ2n) is 4.23. The Morgan fingerprint density at radius 3 is 2.62 bits per heavy atom. The molecule has 84 valence electrons. The summed E-state index contributed by atoms with van der Waals surface area (Å²) >= 11 is 1.77. The number of aryl methyl sites for hydroxylation is 2. The van der Waals surface area contributed by atoms with Crippen LogP contribution in [0.1, 0.15) is 27.6 Å². The molecule has 0 saturated heterocycles. The van der Waals surface area contributed by atoms with E-state index in [-0.39, 0.29) is 6.04 Å². The first-order valence-corrected chi connectivity index (χ1v) is 6.40. The molecule has 1 atom stereocenters. The molecule has 16 heavy (non-hydrogen) atoms. The molecule has 1 nitrogen and oxygen atoms in total. The van der Waals surface area contributed by atoms with Gasteiger partial charge in [-0.2, -0.15) is 0 Å². The van der Waals surface area contributed by atoms with E-state index in [0.717, 1.165) is 6.42 Å². The lowest BCUT2D eigenvalue weighted by Gasteiger charge is -2.12. The standard InChI is InChI=1S/C14H17NS/c1-10-5-6-12(8-11(10)2)14(15)9-13-4-3-7-16-13/h3-8,14H,9,15H2,1-2H3. The summed E-state index contributed by atoms with van der Waals surface area (Å²) in [6, 6.07) is 10.8. The van der Waals surface area contributed by atoms with Crippen LogP contribution in [-0.2, 0) is 6.42 Å². The SMILES string of the molecule is Cc1ccc(C(N)Cc2cccs2)cc1C. The van der Waals surface area contributed by atoms with Gasteiger partial charge < -0.3 is 5.73 Å². The van der Waals surface area contributed by atoms with Gasteiger partial charge >= 0.3 is 0 Å². The first-order valence-electron chi connectivity index (χ1n) is 5.52. The van der Waals surface area contributed by atoms with Crippen LogP contribution in [-0.4, -0.2) is 0 Å². The molecule has 0 aliphatic rings. The van der Waals surface area contributed by atoms with Gasteiger partial charge in [-0.3, -0.25) is 0 Å². The van der Waals surface area contributed by atoms with E-state index in [4.69, 9.17) is 5.73 Å². The lowest BCUT2D eigenvalue weighted by molar-refractivity contribution is 0.729. The van der Waals surface area contributed by atoms with Crippen LogP contribution in [0, 0.1) is 13.8 Å². The quantitative estimate of drug-likeness (QED) is 0.858. The number of hydrogen-bond donors (Lipinski definition) is 1. The third-order valence-corrected chi connectivity index (χ3v) is 3.86. The van der Waals surface area contributed by atoms with Crippen LogP contribution < -0.4 is 5.73 Å². The molecule has 0 fully saturated rings. The van der Waals surface area contributed by atoms with Crippen LogP contribution in [0.5, 0.6) is 0 Å². The number of hydrogen-bond acceptors (Lipinski definition) is 2. The minimum Gasteiger partial charge on any atom is -0.324 e. The molecule has 0 aliphatic carbocycles. The van der Waals surface area contributed by atoms with E-state index in [1.807, 2.05) is 0 Å². The Hall–Kier alpha value is -1.12. The number of benzene rings is 1. The molecule has 0 spiro atoms. The molecular weight excluding hydrogens is 214 g/mol. The molecule has 2 N–H and O–H groups in total. The summed E-state index contributed by atoms with van der Waals surface area (Å²) in [5, 5.41) is 2.10. The predicted octanol–water partition coefficient (Wildman–Crippen LogP) is 3.61. The predicted molar refractivity (Wildman–Crippen MR) is 70.9 cm³/mol. The summed E-state index contributed by atoms with van der Waals surface area (Å²) in [5.74, 6) is 0. The van der Waals surface area contributed by atoms with Crippen molar-refractivity contribution in [2.24, 2.45) is 5.73 Å². The van der Waals surface area contributed by atoms with Crippen LogP contribution >= 0.6 is 11.3 Å². The van der Waals surface area contributed by atoms with E-state index >= 15 is 0 Å². The Kier molecular flexibility index (Phi) is 3.42. The van der Waals surface area contributed by atoms with Gasteiger partial charge in [0.25, 0.3) is 0 Å². The molecule has 2 aromatic rings. The molecule has 1 heterocycles. The second-order valence-corrected chi connectivity index (χ2v) is 5.27. The second kappa shape index (κ2) is 4.81. The lowest BCUT2D eigenvalue weighted by Crippen LogP contribution is -2.12. The summed E-state index contributed by atoms with van der Waals surface area (Å²) < 4.78 is 0. The zero-order valence-electron chi connectivity index (χ0n) is 9.73. The van der Waals surface area contributed by atoms with Crippen LogP contribution in [0.25, 0.3) is 0 Å². The topological polar surface area (TPSA) is 26.0 Å². The highest BCUT2D eigenvalue weighted by Gasteiger charge is 2.08. The summed E-state index contributed by atoms with van der Waals surface area (Å²) in [4.78, 5) is 1.35. The van der Waals surface area contributed by atoms with E-state index in [2.05, 4.69) is 49.6 Å². The molecule has 0 amide bonds. The third kappa shape index (κ3) is 2.52. The van der Waals surface area contributed by atoms with Gasteiger partial charge in [0.05, 0.1) is 0 Å². The first-order chi connectivity index (χ1) is 7.66. The van der Waals surface area contributed by atoms with Gasteiger partial charge in [-0.1, -0.05) is 24.3 Å². The average molecular weight is 231 g/mol. The van der Waals surface area contributed by atoms with Crippen molar-refractivity contribution in [3.63, 3.8) is 0 Å². The average Bonchev–Trinajstić information content (AvgIpc) is 2.74. The van der Waals surface area contributed by atoms with Crippen LogP contribution in [0.15, 0.2) is 35.7 Å². The van der Waals surface area contributed by atoms with E-state index in [9.17, 15) is 0 Å². The highest BCUT2D eigenvalue weighted by atomic mass is 32.1. The van der Waals surface area contributed by atoms with Crippen LogP contribution in [0.3, 0.4) is 0 Å². The first kappa shape index (κ1) is 11.4. The highest BCUT2D eigenvalue weighted by Crippen LogP contribution is 2.21. The molecule has 0 aliphatic heterocycles. The van der Waals surface area contributed by atoms with Crippen LogP contribution in [0.4, 0.5) is 0 Å². The van der Waals surface area contributed by atoms with Gasteiger partial charge in [-0.25, -0.2) is 0 Å². The van der Waals surface area contributed by atoms with Gasteiger partial charge in [0.15, 0.2) is 0 Å². The molecule has 0 bridgehead atoms. The van der Waals surface area contributed by atoms with Crippen LogP contribution in [0.2, 0.25) is 0 Å². The van der Waals surface area contributed by atoms with Gasteiger partial charge in [0.1, 0.15) is 0 Å². The van der Waals surface area contributed by atoms with E-state index < -0.39 is 0 Å². The largest absolute Gasteiger partial charge is 0.324 e. The summed E-state index contributed by atoms with van der Waals surface area (Å²) in [5.41, 5.74) is 10.1. The zero-order valence-corrected chi connectivity index (χ0v) is 10.6. The fourth-order valence-electron chi connectivity index (χ4n) is 1.76. The maximum absolute atomic E-state index is 6.21. The molecular formula is C14H17NS. The molecule has 2 heteroatoms. The van der Waals surface area contributed by atoms with Crippen molar-refractivity contribution in [2.45, 2.75) is 26.3 Å². The molecule has 2 rings (SSSR count). The van der Waals surface area contributed by atoms with Gasteiger partial charge in [-0.05, 0) is 42.0 Å². The minimum atomic E-state index is 0.109. The molecule has 1 aromatic carbocycles. The Balaban J connectivity index is 2.14. The summed E-state index contributed by atoms with van der Waals surface area (Å²) in [7, 11) is 0. The van der Waals surface area contributed by atoms with Crippen molar-refractivity contribution in [1.82, 2.24) is 0 Å². The van der Waals surface area contributed by atoms with Crippen molar-refractivity contribution < 1.29 is 0 Å². The lowest BCUT2D eigenvalue weighted by atomic mass is 9.99. The Labute approximate surface area is 101 Å². The fraction of sp³-hybridized carbons (Fsp3) is 0.286. The smallest absolute Gasteiger partial charge is 0.0343 e. The molecule has 1 aromatic heterocycles.